The summed E-state index contributed by atoms with van der Waals surface area (Å²) in [5, 5.41) is 11.0. The van der Waals surface area contributed by atoms with Crippen LogP contribution >= 0.6 is 0 Å². The second kappa shape index (κ2) is 6.54. The lowest BCUT2D eigenvalue weighted by Crippen LogP contribution is -2.47. The minimum atomic E-state index is -0.850. The third-order valence-electron chi connectivity index (χ3n) is 5.15. The first-order valence-corrected chi connectivity index (χ1v) is 8.69. The maximum Gasteiger partial charge on any atom is 0.257 e. The summed E-state index contributed by atoms with van der Waals surface area (Å²) in [6.45, 7) is 3.32. The average Bonchev–Trinajstić information content (AvgIpc) is 3.03. The van der Waals surface area contributed by atoms with Crippen LogP contribution in [0.1, 0.15) is 27.9 Å². The van der Waals surface area contributed by atoms with Gasteiger partial charge in [0.2, 0.25) is 0 Å². The summed E-state index contributed by atoms with van der Waals surface area (Å²) in [5.74, 6) is -0.111. The molecule has 3 heterocycles. The number of likely N-dealkylation sites (tertiary alicyclic amines) is 1. The number of aliphatic hydroxyl groups is 1. The van der Waals surface area contributed by atoms with E-state index >= 15 is 0 Å². The molecular formula is C19H22N4O2. The van der Waals surface area contributed by atoms with Gasteiger partial charge in [-0.1, -0.05) is 24.3 Å². The molecule has 1 aromatic carbocycles. The molecule has 1 aromatic heterocycles. The highest BCUT2D eigenvalue weighted by molar-refractivity contribution is 5.93. The van der Waals surface area contributed by atoms with Crippen LogP contribution in [0.4, 0.5) is 0 Å². The van der Waals surface area contributed by atoms with Gasteiger partial charge in [0.25, 0.3) is 5.91 Å². The molecular weight excluding hydrogens is 316 g/mol. The van der Waals surface area contributed by atoms with Gasteiger partial charge in [0.1, 0.15) is 6.33 Å². The zero-order valence-electron chi connectivity index (χ0n) is 14.1. The average molecular weight is 338 g/mol. The van der Waals surface area contributed by atoms with Crippen molar-refractivity contribution in [2.45, 2.75) is 25.0 Å². The normalized spacial score (nSPS) is 23.5. The molecule has 0 unspecified atom stereocenters. The van der Waals surface area contributed by atoms with Gasteiger partial charge in [-0.25, -0.2) is 9.97 Å². The van der Waals surface area contributed by atoms with Gasteiger partial charge in [0.15, 0.2) is 0 Å². The number of rotatable bonds is 3. The number of aromatic nitrogens is 2. The molecule has 1 atom stereocenters. The van der Waals surface area contributed by atoms with Crippen LogP contribution in [0.3, 0.4) is 0 Å². The summed E-state index contributed by atoms with van der Waals surface area (Å²) in [7, 11) is 0. The number of hydrogen-bond acceptors (Lipinski definition) is 5. The summed E-state index contributed by atoms with van der Waals surface area (Å²) in [5.41, 5.74) is 2.36. The van der Waals surface area contributed by atoms with Crippen molar-refractivity contribution < 1.29 is 9.90 Å². The van der Waals surface area contributed by atoms with E-state index in [1.165, 1.54) is 29.8 Å². The molecule has 0 bridgehead atoms. The lowest BCUT2D eigenvalue weighted by atomic mass is 9.97. The lowest BCUT2D eigenvalue weighted by Gasteiger charge is -2.34. The Bertz CT molecular complexity index is 767. The summed E-state index contributed by atoms with van der Waals surface area (Å²) in [6.07, 6.45) is 6.06. The Hall–Kier alpha value is -2.31. The van der Waals surface area contributed by atoms with Crippen LogP contribution in [0.25, 0.3) is 0 Å². The first-order valence-electron chi connectivity index (χ1n) is 8.69. The number of benzene rings is 1. The molecule has 4 rings (SSSR count). The Morgan fingerprint density at radius 1 is 1.16 bits per heavy atom. The summed E-state index contributed by atoms with van der Waals surface area (Å²) in [4.78, 5) is 24.3. The number of β-amino-alcohol motifs (C(OH)–C–C–N with tert-alkyl or cyclic N) is 1. The number of nitrogens with zero attached hydrogens (tertiary/aromatic N) is 4. The molecule has 2 aliphatic rings. The van der Waals surface area contributed by atoms with Crippen LogP contribution < -0.4 is 0 Å². The predicted molar refractivity (Wildman–Crippen MR) is 92.9 cm³/mol. The van der Waals surface area contributed by atoms with Gasteiger partial charge >= 0.3 is 0 Å². The Morgan fingerprint density at radius 2 is 1.92 bits per heavy atom. The maximum atomic E-state index is 12.5. The van der Waals surface area contributed by atoms with Gasteiger partial charge in [-0.3, -0.25) is 9.69 Å². The van der Waals surface area contributed by atoms with E-state index in [0.717, 1.165) is 19.5 Å². The number of amides is 1. The van der Waals surface area contributed by atoms with Crippen LogP contribution in [0.2, 0.25) is 0 Å². The van der Waals surface area contributed by atoms with Gasteiger partial charge in [-0.2, -0.15) is 0 Å². The molecule has 1 N–H and O–H groups in total. The van der Waals surface area contributed by atoms with E-state index in [0.29, 0.717) is 31.6 Å². The largest absolute Gasteiger partial charge is 0.387 e. The molecule has 0 saturated carbocycles. The minimum Gasteiger partial charge on any atom is -0.387 e. The first-order chi connectivity index (χ1) is 12.1. The van der Waals surface area contributed by atoms with Crippen molar-refractivity contribution in [3.05, 3.63) is 59.7 Å². The molecule has 1 amide bonds. The fraction of sp³-hybridized carbons (Fsp3) is 0.421. The monoisotopic (exact) mass is 338 g/mol. The van der Waals surface area contributed by atoms with Crippen molar-refractivity contribution in [3.63, 3.8) is 0 Å². The van der Waals surface area contributed by atoms with Crippen molar-refractivity contribution in [1.29, 1.82) is 0 Å². The van der Waals surface area contributed by atoms with E-state index in [2.05, 4.69) is 39.1 Å². The van der Waals surface area contributed by atoms with Crippen LogP contribution in [-0.2, 0) is 13.0 Å². The van der Waals surface area contributed by atoms with E-state index in [9.17, 15) is 9.90 Å². The van der Waals surface area contributed by atoms with Crippen molar-refractivity contribution in [3.8, 4) is 0 Å². The first kappa shape index (κ1) is 16.2. The number of hydrogen-bond donors (Lipinski definition) is 1. The zero-order valence-corrected chi connectivity index (χ0v) is 14.1. The summed E-state index contributed by atoms with van der Waals surface area (Å²) >= 11 is 0. The van der Waals surface area contributed by atoms with Gasteiger partial charge in [0.05, 0.1) is 17.7 Å². The number of carbonyl (C=O) groups excluding carboxylic acids is 1. The van der Waals surface area contributed by atoms with Crippen molar-refractivity contribution >= 4 is 5.91 Å². The van der Waals surface area contributed by atoms with E-state index < -0.39 is 5.60 Å². The van der Waals surface area contributed by atoms with Crippen molar-refractivity contribution in [1.82, 2.24) is 19.8 Å². The summed E-state index contributed by atoms with van der Waals surface area (Å²) in [6, 6.07) is 8.48. The lowest BCUT2D eigenvalue weighted by molar-refractivity contribution is 0.00804. The predicted octanol–water partition coefficient (Wildman–Crippen LogP) is 1.11. The van der Waals surface area contributed by atoms with Gasteiger partial charge in [0, 0.05) is 38.6 Å². The van der Waals surface area contributed by atoms with E-state index in [4.69, 9.17) is 0 Å². The minimum absolute atomic E-state index is 0.111. The highest BCUT2D eigenvalue weighted by Crippen LogP contribution is 2.26. The second-order valence-electron chi connectivity index (χ2n) is 7.06. The Kier molecular flexibility index (Phi) is 4.23. The van der Waals surface area contributed by atoms with Crippen LogP contribution in [-0.4, -0.2) is 62.6 Å². The van der Waals surface area contributed by atoms with Gasteiger partial charge < -0.3 is 10.0 Å². The van der Waals surface area contributed by atoms with Crippen LogP contribution in [0, 0.1) is 0 Å². The van der Waals surface area contributed by atoms with Crippen LogP contribution in [0.15, 0.2) is 43.0 Å². The van der Waals surface area contributed by atoms with E-state index in [1.807, 2.05) is 0 Å². The Labute approximate surface area is 147 Å². The molecule has 0 radical (unpaired) electrons. The zero-order chi connectivity index (χ0) is 17.3. The van der Waals surface area contributed by atoms with Crippen LogP contribution in [0.5, 0.6) is 0 Å². The number of fused-ring (bicyclic) bond motifs is 1. The van der Waals surface area contributed by atoms with E-state index in [-0.39, 0.29) is 5.91 Å². The fourth-order valence-corrected chi connectivity index (χ4v) is 3.86. The molecule has 0 aliphatic carbocycles. The molecule has 0 spiro atoms. The third kappa shape index (κ3) is 3.41. The molecule has 6 heteroatoms. The summed E-state index contributed by atoms with van der Waals surface area (Å²) < 4.78 is 0. The van der Waals surface area contributed by atoms with Crippen molar-refractivity contribution in [2.24, 2.45) is 0 Å². The quantitative estimate of drug-likeness (QED) is 0.908. The highest BCUT2D eigenvalue weighted by atomic mass is 16.3. The Balaban J connectivity index is 1.40. The highest BCUT2D eigenvalue weighted by Gasteiger charge is 2.40. The van der Waals surface area contributed by atoms with Gasteiger partial charge in [-0.05, 0) is 24.0 Å². The smallest absolute Gasteiger partial charge is 0.257 e. The SMILES string of the molecule is O=C(c1cncnc1)N1CC[C@@](O)(CN2CCc3ccccc3C2)C1. The third-order valence-corrected chi connectivity index (χ3v) is 5.15. The van der Waals surface area contributed by atoms with Crippen molar-refractivity contribution in [2.75, 3.05) is 26.2 Å². The standard InChI is InChI=1S/C19H22N4O2/c24-18(17-9-20-14-21-10-17)23-8-6-19(25,13-23)12-22-7-5-15-3-1-2-4-16(15)11-22/h1-4,9-10,14,25H,5-8,11-13H2/t19-/m1/s1. The molecule has 25 heavy (non-hydrogen) atoms. The van der Waals surface area contributed by atoms with Gasteiger partial charge in [-0.15, -0.1) is 0 Å². The molecule has 1 saturated heterocycles. The molecule has 130 valence electrons. The second-order valence-corrected chi connectivity index (χ2v) is 7.06. The topological polar surface area (TPSA) is 69.6 Å². The number of carbonyl (C=O) groups is 1. The molecule has 6 nitrogen and oxygen atoms in total. The molecule has 1 fully saturated rings. The fourth-order valence-electron chi connectivity index (χ4n) is 3.86. The molecule has 2 aliphatic heterocycles. The van der Waals surface area contributed by atoms with E-state index in [1.54, 1.807) is 4.90 Å². The maximum absolute atomic E-state index is 12.5. The Morgan fingerprint density at radius 3 is 2.72 bits per heavy atom. The molecule has 2 aromatic rings.